The second-order valence-corrected chi connectivity index (χ2v) is 3.74. The first-order valence-electron chi connectivity index (χ1n) is 5.81. The van der Waals surface area contributed by atoms with E-state index in [2.05, 4.69) is 5.32 Å². The molecule has 1 N–H and O–H groups in total. The fourth-order valence-corrected chi connectivity index (χ4v) is 1.62. The van der Waals surface area contributed by atoms with E-state index in [4.69, 9.17) is 14.2 Å². The van der Waals surface area contributed by atoms with E-state index in [0.717, 1.165) is 13.0 Å². The molecule has 0 aromatic carbocycles. The number of hydrogen-bond acceptors (Lipinski definition) is 5. The zero-order valence-electron chi connectivity index (χ0n) is 10.0. The average molecular weight is 231 g/mol. The van der Waals surface area contributed by atoms with E-state index in [1.165, 1.54) is 0 Å². The molecule has 0 aromatic heterocycles. The Morgan fingerprint density at radius 3 is 3.00 bits per heavy atom. The van der Waals surface area contributed by atoms with E-state index in [9.17, 15) is 4.79 Å². The number of carbonyl (C=O) groups is 1. The van der Waals surface area contributed by atoms with Gasteiger partial charge in [-0.1, -0.05) is 0 Å². The minimum atomic E-state index is -0.276. The first kappa shape index (κ1) is 13.4. The van der Waals surface area contributed by atoms with Crippen LogP contribution in [0, 0.1) is 0 Å². The fourth-order valence-electron chi connectivity index (χ4n) is 1.62. The van der Waals surface area contributed by atoms with Crippen LogP contribution in [0.4, 0.5) is 0 Å². The van der Waals surface area contributed by atoms with E-state index in [1.807, 2.05) is 0 Å². The quantitative estimate of drug-likeness (QED) is 0.640. The van der Waals surface area contributed by atoms with Crippen LogP contribution >= 0.6 is 0 Å². The summed E-state index contributed by atoms with van der Waals surface area (Å²) in [6, 6.07) is -0.276. The number of rotatable bonds is 7. The molecule has 1 rings (SSSR count). The van der Waals surface area contributed by atoms with Gasteiger partial charge in [0.1, 0.15) is 6.04 Å². The number of ether oxygens (including phenoxy) is 3. The molecular weight excluding hydrogens is 210 g/mol. The van der Waals surface area contributed by atoms with Crippen molar-refractivity contribution < 1.29 is 19.0 Å². The Hall–Kier alpha value is -0.650. The highest BCUT2D eigenvalue weighted by atomic mass is 16.5. The number of likely N-dealkylation sites (N-methyl/N-ethyl adjacent to an activating group) is 1. The first-order valence-corrected chi connectivity index (χ1v) is 5.81. The molecule has 0 spiro atoms. The molecule has 2 atom stereocenters. The van der Waals surface area contributed by atoms with Gasteiger partial charge in [-0.3, -0.25) is 4.79 Å². The molecule has 1 aliphatic heterocycles. The van der Waals surface area contributed by atoms with Gasteiger partial charge in [-0.05, 0) is 26.8 Å². The first-order chi connectivity index (χ1) is 7.77. The lowest BCUT2D eigenvalue weighted by Gasteiger charge is -2.16. The zero-order chi connectivity index (χ0) is 11.8. The van der Waals surface area contributed by atoms with Gasteiger partial charge in [-0.15, -0.1) is 0 Å². The molecule has 1 saturated heterocycles. The van der Waals surface area contributed by atoms with Gasteiger partial charge in [-0.2, -0.15) is 0 Å². The molecule has 0 aliphatic carbocycles. The number of nitrogens with one attached hydrogen (secondary N) is 1. The molecule has 0 amide bonds. The molecule has 94 valence electrons. The van der Waals surface area contributed by atoms with Crippen LogP contribution in [0.2, 0.25) is 0 Å². The van der Waals surface area contributed by atoms with Gasteiger partial charge in [0.05, 0.1) is 19.3 Å². The van der Waals surface area contributed by atoms with Crippen LogP contribution in [0.15, 0.2) is 0 Å². The second-order valence-electron chi connectivity index (χ2n) is 3.74. The van der Waals surface area contributed by atoms with Crippen molar-refractivity contribution >= 4 is 5.97 Å². The monoisotopic (exact) mass is 231 g/mol. The van der Waals surface area contributed by atoms with E-state index >= 15 is 0 Å². The van der Waals surface area contributed by atoms with Gasteiger partial charge in [-0.25, -0.2) is 0 Å². The van der Waals surface area contributed by atoms with E-state index in [1.54, 1.807) is 14.0 Å². The summed E-state index contributed by atoms with van der Waals surface area (Å²) in [7, 11) is 1.75. The van der Waals surface area contributed by atoms with Gasteiger partial charge in [0.15, 0.2) is 0 Å². The van der Waals surface area contributed by atoms with Crippen LogP contribution in [0.25, 0.3) is 0 Å². The molecule has 5 nitrogen and oxygen atoms in total. The highest BCUT2D eigenvalue weighted by molar-refractivity contribution is 5.75. The molecule has 0 bridgehead atoms. The maximum atomic E-state index is 11.4. The van der Waals surface area contributed by atoms with Crippen molar-refractivity contribution in [3.05, 3.63) is 0 Å². The van der Waals surface area contributed by atoms with Crippen molar-refractivity contribution in [1.29, 1.82) is 0 Å². The van der Waals surface area contributed by atoms with Crippen molar-refractivity contribution in [2.75, 3.05) is 33.5 Å². The summed E-state index contributed by atoms with van der Waals surface area (Å²) in [6.07, 6.45) is 1.77. The summed E-state index contributed by atoms with van der Waals surface area (Å²) in [4.78, 5) is 11.4. The van der Waals surface area contributed by atoms with Crippen molar-refractivity contribution in [1.82, 2.24) is 5.32 Å². The maximum Gasteiger partial charge on any atom is 0.323 e. The Bertz CT molecular complexity index is 204. The molecule has 5 heteroatoms. The Morgan fingerprint density at radius 1 is 1.62 bits per heavy atom. The standard InChI is InChI=1S/C11H21NO4/c1-3-15-11(13)10(12-2)5-7-16-9-4-6-14-8-9/h9-10,12H,3-8H2,1-2H3. The summed E-state index contributed by atoms with van der Waals surface area (Å²) in [5.41, 5.74) is 0. The minimum Gasteiger partial charge on any atom is -0.465 e. The van der Waals surface area contributed by atoms with E-state index in [-0.39, 0.29) is 18.1 Å². The lowest BCUT2D eigenvalue weighted by molar-refractivity contribution is -0.146. The van der Waals surface area contributed by atoms with E-state index in [0.29, 0.717) is 26.2 Å². The van der Waals surface area contributed by atoms with Crippen molar-refractivity contribution in [3.63, 3.8) is 0 Å². The summed E-state index contributed by atoms with van der Waals surface area (Å²) in [5, 5.41) is 2.93. The third kappa shape index (κ3) is 4.47. The fraction of sp³-hybridized carbons (Fsp3) is 0.909. The van der Waals surface area contributed by atoms with Crippen LogP contribution in [-0.2, 0) is 19.0 Å². The van der Waals surface area contributed by atoms with Crippen molar-refractivity contribution in [3.8, 4) is 0 Å². The van der Waals surface area contributed by atoms with E-state index < -0.39 is 0 Å². The van der Waals surface area contributed by atoms with Crippen LogP contribution in [-0.4, -0.2) is 51.6 Å². The Balaban J connectivity index is 2.14. The van der Waals surface area contributed by atoms with Gasteiger partial charge in [0.2, 0.25) is 0 Å². The van der Waals surface area contributed by atoms with Crippen LogP contribution < -0.4 is 5.32 Å². The number of carbonyl (C=O) groups excluding carboxylic acids is 1. The number of hydrogen-bond donors (Lipinski definition) is 1. The second kappa shape index (κ2) is 7.60. The normalized spacial score (nSPS) is 22.0. The lowest BCUT2D eigenvalue weighted by atomic mass is 10.2. The smallest absolute Gasteiger partial charge is 0.323 e. The SMILES string of the molecule is CCOC(=O)C(CCOC1CCOC1)NC. The van der Waals surface area contributed by atoms with Crippen LogP contribution in [0.3, 0.4) is 0 Å². The summed E-state index contributed by atoms with van der Waals surface area (Å²) in [6.45, 7) is 4.21. The van der Waals surface area contributed by atoms with Gasteiger partial charge >= 0.3 is 5.97 Å². The minimum absolute atomic E-state index is 0.194. The molecule has 0 saturated carbocycles. The Labute approximate surface area is 96.4 Å². The van der Waals surface area contributed by atoms with Gasteiger partial charge in [0.25, 0.3) is 0 Å². The maximum absolute atomic E-state index is 11.4. The highest BCUT2D eigenvalue weighted by Gasteiger charge is 2.20. The molecule has 16 heavy (non-hydrogen) atoms. The predicted octanol–water partition coefficient (Wildman–Crippen LogP) is 0.333. The molecule has 0 radical (unpaired) electrons. The zero-order valence-corrected chi connectivity index (χ0v) is 10.0. The summed E-state index contributed by atoms with van der Waals surface area (Å²) in [5.74, 6) is -0.212. The van der Waals surface area contributed by atoms with Crippen LogP contribution in [0.1, 0.15) is 19.8 Å². The molecule has 1 fully saturated rings. The predicted molar refractivity (Wildman–Crippen MR) is 59.3 cm³/mol. The molecule has 1 heterocycles. The van der Waals surface area contributed by atoms with Gasteiger partial charge < -0.3 is 19.5 Å². The molecule has 0 aromatic rings. The lowest BCUT2D eigenvalue weighted by Crippen LogP contribution is -2.37. The molecule has 2 unspecified atom stereocenters. The average Bonchev–Trinajstić information content (AvgIpc) is 2.77. The molecular formula is C11H21NO4. The highest BCUT2D eigenvalue weighted by Crippen LogP contribution is 2.09. The third-order valence-corrected chi connectivity index (χ3v) is 2.57. The largest absolute Gasteiger partial charge is 0.465 e. The Kier molecular flexibility index (Phi) is 6.37. The Morgan fingerprint density at radius 2 is 2.44 bits per heavy atom. The van der Waals surface area contributed by atoms with Crippen LogP contribution in [0.5, 0.6) is 0 Å². The summed E-state index contributed by atoms with van der Waals surface area (Å²) < 4.78 is 15.7. The topological polar surface area (TPSA) is 56.8 Å². The van der Waals surface area contributed by atoms with Crippen molar-refractivity contribution in [2.24, 2.45) is 0 Å². The summed E-state index contributed by atoms with van der Waals surface area (Å²) >= 11 is 0. The van der Waals surface area contributed by atoms with Gasteiger partial charge in [0, 0.05) is 13.2 Å². The number of esters is 1. The third-order valence-electron chi connectivity index (χ3n) is 2.57. The molecule has 1 aliphatic rings. The van der Waals surface area contributed by atoms with Crippen molar-refractivity contribution in [2.45, 2.75) is 31.9 Å².